The van der Waals surface area contributed by atoms with Crippen LogP contribution in [-0.2, 0) is 11.3 Å². The number of nitrogens with zero attached hydrogens (tertiary/aromatic N) is 1. The molecular formula is C19H26N3O+. The second kappa shape index (κ2) is 7.61. The predicted molar refractivity (Wildman–Crippen MR) is 88.7 cm³/mol. The Morgan fingerprint density at radius 2 is 1.78 bits per heavy atom. The first-order chi connectivity index (χ1) is 11.2. The Hall–Kier alpha value is -1.86. The summed E-state index contributed by atoms with van der Waals surface area (Å²) >= 11 is 0. The maximum Gasteiger partial charge on any atom is 0.223 e. The first-order valence-electron chi connectivity index (χ1n) is 8.87. The molecule has 1 saturated carbocycles. The van der Waals surface area contributed by atoms with Crippen LogP contribution in [0.25, 0.3) is 0 Å². The molecule has 1 aliphatic heterocycles. The van der Waals surface area contributed by atoms with Gasteiger partial charge in [-0.25, -0.2) is 0 Å². The maximum atomic E-state index is 12.3. The van der Waals surface area contributed by atoms with Gasteiger partial charge in [0.1, 0.15) is 6.54 Å². The van der Waals surface area contributed by atoms with E-state index in [1.165, 1.54) is 18.4 Å². The third-order valence-corrected chi connectivity index (χ3v) is 5.30. The normalized spacial score (nSPS) is 25.0. The minimum absolute atomic E-state index is 0.209. The van der Waals surface area contributed by atoms with Gasteiger partial charge in [-0.3, -0.25) is 4.79 Å². The molecule has 1 saturated heterocycles. The molecule has 2 N–H and O–H groups in total. The van der Waals surface area contributed by atoms with E-state index in [2.05, 4.69) is 11.4 Å². The standard InChI is InChI=1S/C19H25N3O/c20-13-15-5-7-16(8-6-15)14-22-11-9-17(10-12-22)19(23)21-18-3-1-2-4-18/h5-8,17-18H,1-4,9-12,14H2,(H,21,23)/p+1. The van der Waals surface area contributed by atoms with E-state index in [0.717, 1.165) is 45.3 Å². The summed E-state index contributed by atoms with van der Waals surface area (Å²) in [4.78, 5) is 13.9. The third kappa shape index (κ3) is 4.33. The number of amides is 1. The average Bonchev–Trinajstić information content (AvgIpc) is 3.09. The third-order valence-electron chi connectivity index (χ3n) is 5.30. The summed E-state index contributed by atoms with van der Waals surface area (Å²) in [6.45, 7) is 3.11. The van der Waals surface area contributed by atoms with Crippen molar-refractivity contribution in [2.45, 2.75) is 51.1 Å². The van der Waals surface area contributed by atoms with Gasteiger partial charge in [0.25, 0.3) is 0 Å². The van der Waals surface area contributed by atoms with Crippen LogP contribution >= 0.6 is 0 Å². The van der Waals surface area contributed by atoms with Gasteiger partial charge in [0.15, 0.2) is 0 Å². The van der Waals surface area contributed by atoms with Crippen LogP contribution in [0.15, 0.2) is 24.3 Å². The highest BCUT2D eigenvalue weighted by Crippen LogP contribution is 2.19. The Morgan fingerprint density at radius 3 is 2.39 bits per heavy atom. The second-order valence-corrected chi connectivity index (χ2v) is 7.00. The Bertz CT molecular complexity index is 561. The first kappa shape index (κ1) is 16.0. The van der Waals surface area contributed by atoms with Gasteiger partial charge in [-0.15, -0.1) is 0 Å². The molecular weight excluding hydrogens is 286 g/mol. The van der Waals surface area contributed by atoms with Crippen molar-refractivity contribution in [3.8, 4) is 6.07 Å². The van der Waals surface area contributed by atoms with Crippen molar-refractivity contribution in [2.75, 3.05) is 13.1 Å². The van der Waals surface area contributed by atoms with E-state index in [4.69, 9.17) is 5.26 Å². The lowest BCUT2D eigenvalue weighted by Crippen LogP contribution is -3.11. The SMILES string of the molecule is N#Cc1ccc(C[NH+]2CCC(C(=O)NC3CCCC3)CC2)cc1. The van der Waals surface area contributed by atoms with Crippen LogP contribution in [0.5, 0.6) is 0 Å². The first-order valence-corrected chi connectivity index (χ1v) is 8.87. The number of quaternary nitrogens is 1. The lowest BCUT2D eigenvalue weighted by atomic mass is 9.95. The number of nitriles is 1. The fourth-order valence-electron chi connectivity index (χ4n) is 3.84. The zero-order chi connectivity index (χ0) is 16.1. The molecule has 122 valence electrons. The van der Waals surface area contributed by atoms with Crippen molar-refractivity contribution in [2.24, 2.45) is 5.92 Å². The molecule has 2 aliphatic rings. The summed E-state index contributed by atoms with van der Waals surface area (Å²) in [5.74, 6) is 0.495. The van der Waals surface area contributed by atoms with Crippen LogP contribution in [0, 0.1) is 17.2 Å². The topological polar surface area (TPSA) is 57.3 Å². The number of carbonyl (C=O) groups excluding carboxylic acids is 1. The minimum Gasteiger partial charge on any atom is -0.353 e. The van der Waals surface area contributed by atoms with Crippen LogP contribution in [0.1, 0.15) is 49.7 Å². The van der Waals surface area contributed by atoms with Crippen molar-refractivity contribution < 1.29 is 9.69 Å². The molecule has 1 heterocycles. The van der Waals surface area contributed by atoms with Crippen LogP contribution in [0.3, 0.4) is 0 Å². The van der Waals surface area contributed by atoms with E-state index in [-0.39, 0.29) is 11.8 Å². The Morgan fingerprint density at radius 1 is 1.13 bits per heavy atom. The van der Waals surface area contributed by atoms with E-state index >= 15 is 0 Å². The van der Waals surface area contributed by atoms with Crippen LogP contribution in [-0.4, -0.2) is 25.0 Å². The lowest BCUT2D eigenvalue weighted by Gasteiger charge is -2.29. The molecule has 0 unspecified atom stereocenters. The van der Waals surface area contributed by atoms with E-state index < -0.39 is 0 Å². The molecule has 0 atom stereocenters. The van der Waals surface area contributed by atoms with E-state index in [9.17, 15) is 4.79 Å². The fraction of sp³-hybridized carbons (Fsp3) is 0.579. The molecule has 1 aliphatic carbocycles. The van der Waals surface area contributed by atoms with Gasteiger partial charge >= 0.3 is 0 Å². The molecule has 1 amide bonds. The van der Waals surface area contributed by atoms with Gasteiger partial charge in [0.2, 0.25) is 5.91 Å². The summed E-state index contributed by atoms with van der Waals surface area (Å²) in [5, 5.41) is 12.1. The smallest absolute Gasteiger partial charge is 0.223 e. The van der Waals surface area contributed by atoms with Gasteiger partial charge in [0, 0.05) is 30.4 Å². The van der Waals surface area contributed by atoms with Gasteiger partial charge in [-0.2, -0.15) is 5.26 Å². The van der Waals surface area contributed by atoms with Gasteiger partial charge in [-0.1, -0.05) is 25.0 Å². The maximum absolute atomic E-state index is 12.3. The van der Waals surface area contributed by atoms with Gasteiger partial charge < -0.3 is 10.2 Å². The summed E-state index contributed by atoms with van der Waals surface area (Å²) in [5.41, 5.74) is 1.99. The molecule has 23 heavy (non-hydrogen) atoms. The molecule has 1 aromatic rings. The van der Waals surface area contributed by atoms with Gasteiger partial charge in [0.05, 0.1) is 24.7 Å². The quantitative estimate of drug-likeness (QED) is 0.883. The van der Waals surface area contributed by atoms with Crippen molar-refractivity contribution >= 4 is 5.91 Å². The molecule has 1 aromatic carbocycles. The van der Waals surface area contributed by atoms with Crippen molar-refractivity contribution in [3.63, 3.8) is 0 Å². The van der Waals surface area contributed by atoms with E-state index in [1.807, 2.05) is 24.3 Å². The Kier molecular flexibility index (Phi) is 5.30. The predicted octanol–water partition coefficient (Wildman–Crippen LogP) is 1.41. The number of likely N-dealkylation sites (tertiary alicyclic amines) is 1. The molecule has 3 rings (SSSR count). The van der Waals surface area contributed by atoms with Crippen LogP contribution < -0.4 is 10.2 Å². The highest BCUT2D eigenvalue weighted by molar-refractivity contribution is 5.79. The molecule has 4 nitrogen and oxygen atoms in total. The number of benzene rings is 1. The van der Waals surface area contributed by atoms with E-state index in [0.29, 0.717) is 11.6 Å². The van der Waals surface area contributed by atoms with Crippen LogP contribution in [0.2, 0.25) is 0 Å². The molecule has 0 aromatic heterocycles. The minimum atomic E-state index is 0.209. The molecule has 0 bridgehead atoms. The van der Waals surface area contributed by atoms with Crippen molar-refractivity contribution in [1.82, 2.24) is 5.32 Å². The van der Waals surface area contributed by atoms with Gasteiger partial charge in [-0.05, 0) is 25.0 Å². The fourth-order valence-corrected chi connectivity index (χ4v) is 3.84. The summed E-state index contributed by atoms with van der Waals surface area (Å²) < 4.78 is 0. The van der Waals surface area contributed by atoms with Crippen LogP contribution in [0.4, 0.5) is 0 Å². The number of carbonyl (C=O) groups is 1. The Labute approximate surface area is 138 Å². The lowest BCUT2D eigenvalue weighted by molar-refractivity contribution is -0.919. The average molecular weight is 312 g/mol. The molecule has 2 fully saturated rings. The number of hydrogen-bond donors (Lipinski definition) is 2. The summed E-state index contributed by atoms with van der Waals surface area (Å²) in [7, 11) is 0. The van der Waals surface area contributed by atoms with Crippen molar-refractivity contribution in [1.29, 1.82) is 5.26 Å². The second-order valence-electron chi connectivity index (χ2n) is 7.00. The molecule has 0 spiro atoms. The number of rotatable bonds is 4. The Balaban J connectivity index is 1.44. The molecule has 0 radical (unpaired) electrons. The zero-order valence-corrected chi connectivity index (χ0v) is 13.7. The molecule has 4 heteroatoms. The number of piperidine rings is 1. The summed E-state index contributed by atoms with van der Waals surface area (Å²) in [6.07, 6.45) is 6.83. The number of hydrogen-bond acceptors (Lipinski definition) is 2. The van der Waals surface area contributed by atoms with E-state index in [1.54, 1.807) is 4.90 Å². The highest BCUT2D eigenvalue weighted by atomic mass is 16.1. The zero-order valence-electron chi connectivity index (χ0n) is 13.7. The summed E-state index contributed by atoms with van der Waals surface area (Å²) in [6, 6.07) is 10.5. The highest BCUT2D eigenvalue weighted by Gasteiger charge is 2.29. The number of nitrogens with one attached hydrogen (secondary N) is 2. The monoisotopic (exact) mass is 312 g/mol. The van der Waals surface area contributed by atoms with Crippen molar-refractivity contribution in [3.05, 3.63) is 35.4 Å². The largest absolute Gasteiger partial charge is 0.353 e.